The minimum Gasteiger partial charge on any atom is -0.436 e. The smallest absolute Gasteiger partial charge is 0.336 e. The van der Waals surface area contributed by atoms with Gasteiger partial charge in [0.2, 0.25) is 5.89 Å². The Kier molecular flexibility index (Phi) is 2.44. The third-order valence-electron chi connectivity index (χ3n) is 3.42. The van der Waals surface area contributed by atoms with Gasteiger partial charge in [0, 0.05) is 17.0 Å². The van der Waals surface area contributed by atoms with Crippen LogP contribution in [0.2, 0.25) is 0 Å². The molecule has 4 nitrogen and oxygen atoms in total. The van der Waals surface area contributed by atoms with E-state index in [-0.39, 0.29) is 5.63 Å². The fourth-order valence-corrected chi connectivity index (χ4v) is 2.44. The molecule has 0 atom stereocenters. The Morgan fingerprint density at radius 2 is 1.81 bits per heavy atom. The van der Waals surface area contributed by atoms with Gasteiger partial charge in [0.1, 0.15) is 11.1 Å². The Bertz CT molecular complexity index is 1030. The molecular formula is C17H11NO3. The number of aryl methyl sites for hydroxylation is 1. The van der Waals surface area contributed by atoms with Crippen LogP contribution >= 0.6 is 0 Å². The van der Waals surface area contributed by atoms with Gasteiger partial charge in [-0.1, -0.05) is 17.7 Å². The molecule has 4 rings (SSSR count). The standard InChI is InChI=1S/C17H11NO3/c1-10-3-2-4-11(9-10)17-18-16-12-5-8-15(19)20-13(12)6-7-14(16)21-17/h2-9H,1H3. The highest BCUT2D eigenvalue weighted by molar-refractivity contribution is 6.01. The largest absolute Gasteiger partial charge is 0.436 e. The summed E-state index contributed by atoms with van der Waals surface area (Å²) in [5.41, 5.74) is 3.59. The van der Waals surface area contributed by atoms with Crippen LogP contribution < -0.4 is 5.63 Å². The van der Waals surface area contributed by atoms with Gasteiger partial charge in [-0.3, -0.25) is 0 Å². The Balaban J connectivity index is 2.01. The molecule has 0 unspecified atom stereocenters. The van der Waals surface area contributed by atoms with Gasteiger partial charge in [-0.2, -0.15) is 0 Å². The second kappa shape index (κ2) is 4.31. The van der Waals surface area contributed by atoms with Crippen LogP contribution in [0.4, 0.5) is 0 Å². The zero-order chi connectivity index (χ0) is 14.4. The average Bonchev–Trinajstić information content (AvgIpc) is 2.91. The molecule has 4 heteroatoms. The van der Waals surface area contributed by atoms with Crippen molar-refractivity contribution in [3.8, 4) is 11.5 Å². The van der Waals surface area contributed by atoms with E-state index in [9.17, 15) is 4.79 Å². The number of hydrogen-bond donors (Lipinski definition) is 0. The summed E-state index contributed by atoms with van der Waals surface area (Å²) in [6, 6.07) is 14.6. The summed E-state index contributed by atoms with van der Waals surface area (Å²) in [6.45, 7) is 2.02. The van der Waals surface area contributed by atoms with Gasteiger partial charge in [-0.05, 0) is 37.3 Å². The molecule has 0 saturated carbocycles. The lowest BCUT2D eigenvalue weighted by molar-refractivity contribution is 0.561. The van der Waals surface area contributed by atoms with Gasteiger partial charge >= 0.3 is 5.63 Å². The van der Waals surface area contributed by atoms with Gasteiger partial charge in [-0.25, -0.2) is 9.78 Å². The van der Waals surface area contributed by atoms with Crippen molar-refractivity contribution < 1.29 is 8.83 Å². The molecular weight excluding hydrogens is 266 g/mol. The number of rotatable bonds is 1. The Labute approximate surface area is 119 Å². The zero-order valence-corrected chi connectivity index (χ0v) is 11.3. The van der Waals surface area contributed by atoms with Gasteiger partial charge in [0.15, 0.2) is 5.58 Å². The van der Waals surface area contributed by atoms with Crippen LogP contribution in [0.5, 0.6) is 0 Å². The molecule has 2 heterocycles. The molecule has 4 aromatic rings. The van der Waals surface area contributed by atoms with Crippen molar-refractivity contribution in [2.24, 2.45) is 0 Å². The van der Waals surface area contributed by atoms with Crippen molar-refractivity contribution in [1.29, 1.82) is 0 Å². The van der Waals surface area contributed by atoms with Gasteiger partial charge in [0.25, 0.3) is 0 Å². The number of nitrogens with zero attached hydrogens (tertiary/aromatic N) is 1. The van der Waals surface area contributed by atoms with Gasteiger partial charge < -0.3 is 8.83 Å². The van der Waals surface area contributed by atoms with Crippen LogP contribution in [-0.2, 0) is 0 Å². The predicted molar refractivity (Wildman–Crippen MR) is 80.2 cm³/mol. The SMILES string of the molecule is Cc1cccc(-c2nc3c(ccc4oc(=O)ccc43)o2)c1. The Morgan fingerprint density at radius 3 is 2.67 bits per heavy atom. The molecule has 2 aromatic heterocycles. The molecule has 0 aliphatic rings. The highest BCUT2D eigenvalue weighted by Gasteiger charge is 2.12. The van der Waals surface area contributed by atoms with Crippen molar-refractivity contribution in [2.45, 2.75) is 6.92 Å². The van der Waals surface area contributed by atoms with E-state index in [0.717, 1.165) is 16.5 Å². The summed E-state index contributed by atoms with van der Waals surface area (Å²) in [5, 5.41) is 0.773. The summed E-state index contributed by atoms with van der Waals surface area (Å²) in [7, 11) is 0. The van der Waals surface area contributed by atoms with Crippen molar-refractivity contribution in [1.82, 2.24) is 4.98 Å². The van der Waals surface area contributed by atoms with E-state index in [1.807, 2.05) is 31.2 Å². The Hall–Kier alpha value is -2.88. The molecule has 0 aliphatic carbocycles. The monoisotopic (exact) mass is 277 g/mol. The van der Waals surface area contributed by atoms with Crippen molar-refractivity contribution in [3.05, 3.63) is 64.5 Å². The third kappa shape index (κ3) is 1.92. The first-order valence-electron chi connectivity index (χ1n) is 6.61. The van der Waals surface area contributed by atoms with E-state index in [1.165, 1.54) is 6.07 Å². The second-order valence-corrected chi connectivity index (χ2v) is 4.97. The topological polar surface area (TPSA) is 56.2 Å². The van der Waals surface area contributed by atoms with E-state index in [1.54, 1.807) is 18.2 Å². The Morgan fingerprint density at radius 1 is 0.952 bits per heavy atom. The first-order valence-corrected chi connectivity index (χ1v) is 6.61. The fraction of sp³-hybridized carbons (Fsp3) is 0.0588. The molecule has 102 valence electrons. The van der Waals surface area contributed by atoms with E-state index in [4.69, 9.17) is 8.83 Å². The maximum Gasteiger partial charge on any atom is 0.336 e. The van der Waals surface area contributed by atoms with Crippen LogP contribution in [0.15, 0.2) is 62.2 Å². The van der Waals surface area contributed by atoms with E-state index in [0.29, 0.717) is 22.6 Å². The lowest BCUT2D eigenvalue weighted by atomic mass is 10.1. The van der Waals surface area contributed by atoms with Gasteiger partial charge in [0.05, 0.1) is 0 Å². The van der Waals surface area contributed by atoms with Crippen LogP contribution in [0.25, 0.3) is 33.5 Å². The zero-order valence-electron chi connectivity index (χ0n) is 11.3. The highest BCUT2D eigenvalue weighted by atomic mass is 16.4. The first kappa shape index (κ1) is 11.9. The van der Waals surface area contributed by atoms with Crippen molar-refractivity contribution in [3.63, 3.8) is 0 Å². The predicted octanol–water partition coefficient (Wildman–Crippen LogP) is 3.91. The third-order valence-corrected chi connectivity index (χ3v) is 3.42. The molecule has 0 spiro atoms. The first-order chi connectivity index (χ1) is 10.2. The number of fused-ring (bicyclic) bond motifs is 3. The van der Waals surface area contributed by atoms with Crippen molar-refractivity contribution in [2.75, 3.05) is 0 Å². The summed E-state index contributed by atoms with van der Waals surface area (Å²) in [6.07, 6.45) is 0. The molecule has 2 aromatic carbocycles. The summed E-state index contributed by atoms with van der Waals surface area (Å²) >= 11 is 0. The van der Waals surface area contributed by atoms with Crippen LogP contribution in [0.3, 0.4) is 0 Å². The van der Waals surface area contributed by atoms with Crippen LogP contribution in [0, 0.1) is 6.92 Å². The number of oxazole rings is 1. The van der Waals surface area contributed by atoms with Crippen LogP contribution in [0.1, 0.15) is 5.56 Å². The lowest BCUT2D eigenvalue weighted by Gasteiger charge is -1.95. The van der Waals surface area contributed by atoms with E-state index >= 15 is 0 Å². The molecule has 0 amide bonds. The maximum atomic E-state index is 11.3. The second-order valence-electron chi connectivity index (χ2n) is 4.97. The highest BCUT2D eigenvalue weighted by Crippen LogP contribution is 2.29. The summed E-state index contributed by atoms with van der Waals surface area (Å²) in [5.74, 6) is 0.562. The summed E-state index contributed by atoms with van der Waals surface area (Å²) in [4.78, 5) is 15.8. The fourth-order valence-electron chi connectivity index (χ4n) is 2.44. The van der Waals surface area contributed by atoms with Crippen molar-refractivity contribution >= 4 is 22.1 Å². The molecule has 21 heavy (non-hydrogen) atoms. The molecule has 0 bridgehead atoms. The molecule has 0 radical (unpaired) electrons. The van der Waals surface area contributed by atoms with Crippen LogP contribution in [-0.4, -0.2) is 4.98 Å². The van der Waals surface area contributed by atoms with E-state index < -0.39 is 0 Å². The molecule has 0 N–H and O–H groups in total. The normalized spacial score (nSPS) is 11.3. The lowest BCUT2D eigenvalue weighted by Crippen LogP contribution is -1.94. The molecule has 0 aliphatic heterocycles. The van der Waals surface area contributed by atoms with Gasteiger partial charge in [-0.15, -0.1) is 0 Å². The maximum absolute atomic E-state index is 11.3. The minimum absolute atomic E-state index is 0.371. The quantitative estimate of drug-likeness (QED) is 0.495. The minimum atomic E-state index is -0.371. The van der Waals surface area contributed by atoms with E-state index in [2.05, 4.69) is 4.98 Å². The summed E-state index contributed by atoms with van der Waals surface area (Å²) < 4.78 is 11.0. The number of hydrogen-bond acceptors (Lipinski definition) is 4. The molecule has 0 saturated heterocycles. The number of aromatic nitrogens is 1. The average molecular weight is 277 g/mol. The number of benzene rings is 2. The molecule has 0 fully saturated rings.